The van der Waals surface area contributed by atoms with Crippen molar-refractivity contribution in [2.45, 2.75) is 12.3 Å². The topological polar surface area (TPSA) is 66.5 Å². The van der Waals surface area contributed by atoms with Gasteiger partial charge in [0.25, 0.3) is 5.91 Å². The van der Waals surface area contributed by atoms with Crippen LogP contribution in [0.25, 0.3) is 0 Å². The van der Waals surface area contributed by atoms with Crippen LogP contribution >= 0.6 is 35.0 Å². The SMILES string of the molecule is CS(=O)(=O)N(Cc1ccc(C(=O)NCCSCc2ccccc2Cl)cc1)c1cccc(Cl)c1. The van der Waals surface area contributed by atoms with Gasteiger partial charge in [0.2, 0.25) is 10.0 Å². The Morgan fingerprint density at radius 3 is 2.39 bits per heavy atom. The summed E-state index contributed by atoms with van der Waals surface area (Å²) in [5.74, 6) is 1.38. The molecule has 0 saturated carbocycles. The monoisotopic (exact) mass is 522 g/mol. The van der Waals surface area contributed by atoms with E-state index in [1.165, 1.54) is 4.31 Å². The van der Waals surface area contributed by atoms with Crippen molar-refractivity contribution in [1.82, 2.24) is 5.32 Å². The lowest BCUT2D eigenvalue weighted by Gasteiger charge is -2.22. The van der Waals surface area contributed by atoms with Crippen LogP contribution in [0, 0.1) is 0 Å². The van der Waals surface area contributed by atoms with Crippen LogP contribution in [0.2, 0.25) is 10.0 Å². The van der Waals surface area contributed by atoms with Gasteiger partial charge in [-0.2, -0.15) is 11.8 Å². The highest BCUT2D eigenvalue weighted by molar-refractivity contribution is 7.98. The van der Waals surface area contributed by atoms with Crippen LogP contribution < -0.4 is 9.62 Å². The van der Waals surface area contributed by atoms with Crippen molar-refractivity contribution in [2.75, 3.05) is 22.9 Å². The molecule has 0 heterocycles. The zero-order valence-electron chi connectivity index (χ0n) is 18.0. The second-order valence-electron chi connectivity index (χ2n) is 7.35. The summed E-state index contributed by atoms with van der Waals surface area (Å²) in [4.78, 5) is 12.4. The van der Waals surface area contributed by atoms with Crippen LogP contribution in [-0.4, -0.2) is 32.9 Å². The summed E-state index contributed by atoms with van der Waals surface area (Å²) in [5.41, 5.74) is 2.84. The summed E-state index contributed by atoms with van der Waals surface area (Å²) in [7, 11) is -3.51. The molecule has 0 spiro atoms. The highest BCUT2D eigenvalue weighted by atomic mass is 35.5. The first-order valence-corrected chi connectivity index (χ1v) is 13.9. The maximum Gasteiger partial charge on any atom is 0.251 e. The molecule has 9 heteroatoms. The van der Waals surface area contributed by atoms with Crippen LogP contribution in [-0.2, 0) is 22.3 Å². The first-order valence-electron chi connectivity index (χ1n) is 10.2. The fraction of sp³-hybridized carbons (Fsp3) is 0.208. The molecule has 0 fully saturated rings. The maximum atomic E-state index is 12.4. The average molecular weight is 524 g/mol. The van der Waals surface area contributed by atoms with Gasteiger partial charge < -0.3 is 5.32 Å². The van der Waals surface area contributed by atoms with Gasteiger partial charge in [-0.15, -0.1) is 0 Å². The number of hydrogen-bond donors (Lipinski definition) is 1. The molecule has 0 aromatic heterocycles. The summed E-state index contributed by atoms with van der Waals surface area (Å²) in [6.07, 6.45) is 1.15. The molecule has 0 unspecified atom stereocenters. The number of anilines is 1. The number of carbonyl (C=O) groups is 1. The molecule has 33 heavy (non-hydrogen) atoms. The molecule has 0 radical (unpaired) electrons. The molecule has 3 aromatic carbocycles. The number of rotatable bonds is 10. The Hall–Kier alpha value is -2.19. The van der Waals surface area contributed by atoms with E-state index in [1.54, 1.807) is 60.3 Å². The molecule has 1 N–H and O–H groups in total. The third-order valence-electron chi connectivity index (χ3n) is 4.79. The zero-order chi connectivity index (χ0) is 23.8. The van der Waals surface area contributed by atoms with Crippen molar-refractivity contribution in [3.63, 3.8) is 0 Å². The first-order chi connectivity index (χ1) is 15.7. The summed E-state index contributed by atoms with van der Waals surface area (Å²) in [6.45, 7) is 0.673. The number of nitrogens with zero attached hydrogens (tertiary/aromatic N) is 1. The zero-order valence-corrected chi connectivity index (χ0v) is 21.1. The van der Waals surface area contributed by atoms with E-state index in [0.717, 1.165) is 33.9 Å². The maximum absolute atomic E-state index is 12.4. The molecule has 0 aliphatic rings. The Balaban J connectivity index is 1.53. The summed E-state index contributed by atoms with van der Waals surface area (Å²) < 4.78 is 25.9. The molecule has 3 rings (SSSR count). The third-order valence-corrected chi connectivity index (χ3v) is 7.54. The molecule has 0 bridgehead atoms. The van der Waals surface area contributed by atoms with Crippen LogP contribution in [0.5, 0.6) is 0 Å². The van der Waals surface area contributed by atoms with Gasteiger partial charge in [-0.05, 0) is 47.5 Å². The van der Waals surface area contributed by atoms with Crippen molar-refractivity contribution in [2.24, 2.45) is 0 Å². The fourth-order valence-corrected chi connectivity index (χ4v) is 5.30. The molecule has 1 amide bonds. The molecule has 0 atom stereocenters. The number of thioether (sulfide) groups is 1. The average Bonchev–Trinajstić information content (AvgIpc) is 2.78. The van der Waals surface area contributed by atoms with Gasteiger partial charge in [-0.1, -0.05) is 59.6 Å². The number of nitrogens with one attached hydrogen (secondary N) is 1. The van der Waals surface area contributed by atoms with Gasteiger partial charge in [0, 0.05) is 33.7 Å². The smallest absolute Gasteiger partial charge is 0.251 e. The fourth-order valence-electron chi connectivity index (χ4n) is 3.09. The van der Waals surface area contributed by atoms with E-state index in [9.17, 15) is 13.2 Å². The van der Waals surface area contributed by atoms with E-state index in [2.05, 4.69) is 5.32 Å². The molecular weight excluding hydrogens is 499 g/mol. The van der Waals surface area contributed by atoms with Crippen molar-refractivity contribution in [3.05, 3.63) is 99.5 Å². The predicted octanol–water partition coefficient (Wildman–Crippen LogP) is 5.62. The van der Waals surface area contributed by atoms with Gasteiger partial charge in [-0.3, -0.25) is 9.10 Å². The van der Waals surface area contributed by atoms with Crippen LogP contribution in [0.3, 0.4) is 0 Å². The second kappa shape index (κ2) is 11.8. The highest BCUT2D eigenvalue weighted by Crippen LogP contribution is 2.24. The summed E-state index contributed by atoms with van der Waals surface area (Å²) in [6, 6.07) is 21.3. The van der Waals surface area contributed by atoms with E-state index in [-0.39, 0.29) is 12.5 Å². The lowest BCUT2D eigenvalue weighted by Crippen LogP contribution is -2.29. The number of hydrogen-bond acceptors (Lipinski definition) is 4. The summed E-state index contributed by atoms with van der Waals surface area (Å²) >= 11 is 13.9. The quantitative estimate of drug-likeness (QED) is 0.350. The minimum absolute atomic E-state index is 0.139. The largest absolute Gasteiger partial charge is 0.351 e. The van der Waals surface area contributed by atoms with E-state index >= 15 is 0 Å². The lowest BCUT2D eigenvalue weighted by molar-refractivity contribution is 0.0956. The molecule has 3 aromatic rings. The number of amides is 1. The van der Waals surface area contributed by atoms with Crippen LogP contribution in [0.1, 0.15) is 21.5 Å². The molecule has 0 saturated heterocycles. The van der Waals surface area contributed by atoms with E-state index in [4.69, 9.17) is 23.2 Å². The number of benzene rings is 3. The lowest BCUT2D eigenvalue weighted by atomic mass is 10.1. The Morgan fingerprint density at radius 1 is 1.00 bits per heavy atom. The molecule has 0 aliphatic carbocycles. The predicted molar refractivity (Wildman–Crippen MR) is 139 cm³/mol. The van der Waals surface area contributed by atoms with E-state index in [0.29, 0.717) is 22.8 Å². The van der Waals surface area contributed by atoms with Crippen molar-refractivity contribution in [3.8, 4) is 0 Å². The number of carbonyl (C=O) groups excluding carboxylic acids is 1. The van der Waals surface area contributed by atoms with Gasteiger partial charge in [0.15, 0.2) is 0 Å². The van der Waals surface area contributed by atoms with E-state index in [1.807, 2.05) is 24.3 Å². The van der Waals surface area contributed by atoms with E-state index < -0.39 is 10.0 Å². The first kappa shape index (κ1) is 25.4. The number of halogens is 2. The third kappa shape index (κ3) is 7.67. The standard InChI is InChI=1S/C24H24Cl2N2O3S2/c1-33(30,31)28(22-7-4-6-21(25)15-22)16-18-9-11-19(12-10-18)24(29)27-13-14-32-17-20-5-2-3-8-23(20)26/h2-12,15H,13-14,16-17H2,1H3,(H,27,29). The Kier molecular flexibility index (Phi) is 9.09. The number of sulfonamides is 1. The minimum Gasteiger partial charge on any atom is -0.351 e. The van der Waals surface area contributed by atoms with Crippen molar-refractivity contribution in [1.29, 1.82) is 0 Å². The van der Waals surface area contributed by atoms with Gasteiger partial charge in [0.1, 0.15) is 0 Å². The summed E-state index contributed by atoms with van der Waals surface area (Å²) in [5, 5.41) is 4.11. The Morgan fingerprint density at radius 2 is 1.73 bits per heavy atom. The highest BCUT2D eigenvalue weighted by Gasteiger charge is 2.18. The normalized spacial score (nSPS) is 11.2. The minimum atomic E-state index is -3.51. The van der Waals surface area contributed by atoms with Crippen molar-refractivity contribution >= 4 is 56.6 Å². The van der Waals surface area contributed by atoms with Crippen molar-refractivity contribution < 1.29 is 13.2 Å². The molecule has 0 aliphatic heterocycles. The molecular formula is C24H24Cl2N2O3S2. The molecule has 5 nitrogen and oxygen atoms in total. The Bertz CT molecular complexity index is 1200. The van der Waals surface area contributed by atoms with Gasteiger partial charge in [0.05, 0.1) is 18.5 Å². The molecule has 174 valence electrons. The van der Waals surface area contributed by atoms with Crippen LogP contribution in [0.4, 0.5) is 5.69 Å². The van der Waals surface area contributed by atoms with Gasteiger partial charge >= 0.3 is 0 Å². The second-order valence-corrected chi connectivity index (χ2v) is 11.2. The Labute approximate surface area is 209 Å². The van der Waals surface area contributed by atoms with Gasteiger partial charge in [-0.25, -0.2) is 8.42 Å². The van der Waals surface area contributed by atoms with Crippen LogP contribution in [0.15, 0.2) is 72.8 Å².